The van der Waals surface area contributed by atoms with Gasteiger partial charge in [0.15, 0.2) is 0 Å². The molecule has 9 heteroatoms. The van der Waals surface area contributed by atoms with E-state index in [0.717, 1.165) is 16.8 Å². The van der Waals surface area contributed by atoms with Crippen molar-refractivity contribution in [2.45, 2.75) is 30.2 Å². The third-order valence-electron chi connectivity index (χ3n) is 4.67. The lowest BCUT2D eigenvalue weighted by atomic mass is 10.1. The summed E-state index contributed by atoms with van der Waals surface area (Å²) in [5.41, 5.74) is 2.51. The Hall–Kier alpha value is -3.20. The number of carbonyl (C=O) groups is 2. The van der Waals surface area contributed by atoms with Gasteiger partial charge in [-0.3, -0.25) is 19.5 Å². The molecule has 154 valence electrons. The molecule has 0 spiro atoms. The van der Waals surface area contributed by atoms with Crippen molar-refractivity contribution in [2.24, 2.45) is 0 Å². The van der Waals surface area contributed by atoms with Crippen molar-refractivity contribution in [1.29, 1.82) is 0 Å². The molecule has 30 heavy (non-hydrogen) atoms. The molecular weight excluding hydrogens is 404 g/mol. The van der Waals surface area contributed by atoms with Crippen LogP contribution in [0.2, 0.25) is 0 Å². The van der Waals surface area contributed by atoms with Gasteiger partial charge in [0.05, 0.1) is 11.9 Å². The average molecular weight is 424 g/mol. The smallest absolute Gasteiger partial charge is 0.326 e. The number of esters is 1. The molecule has 0 unspecified atom stereocenters. The Bertz CT molecular complexity index is 1040. The van der Waals surface area contributed by atoms with Gasteiger partial charge in [0.2, 0.25) is 11.8 Å². The quantitative estimate of drug-likeness (QED) is 0.557. The molecule has 1 aromatic carbocycles. The van der Waals surface area contributed by atoms with Crippen molar-refractivity contribution < 1.29 is 18.7 Å². The van der Waals surface area contributed by atoms with Crippen LogP contribution < -0.4 is 4.90 Å². The van der Waals surface area contributed by atoms with Gasteiger partial charge in [-0.25, -0.2) is 0 Å². The summed E-state index contributed by atoms with van der Waals surface area (Å²) >= 11 is 1.22. The zero-order valence-electron chi connectivity index (χ0n) is 16.4. The van der Waals surface area contributed by atoms with Crippen LogP contribution in [0.5, 0.6) is 0 Å². The van der Waals surface area contributed by atoms with Crippen LogP contribution in [0, 0.1) is 0 Å². The molecule has 3 heterocycles. The van der Waals surface area contributed by atoms with Crippen molar-refractivity contribution in [3.63, 3.8) is 0 Å². The highest BCUT2D eigenvalue weighted by Gasteiger charge is 2.33. The molecule has 0 saturated heterocycles. The van der Waals surface area contributed by atoms with Crippen LogP contribution in [0.3, 0.4) is 0 Å². The molecule has 0 aliphatic carbocycles. The van der Waals surface area contributed by atoms with Crippen molar-refractivity contribution >= 4 is 29.3 Å². The second-order valence-corrected chi connectivity index (χ2v) is 7.77. The van der Waals surface area contributed by atoms with E-state index in [4.69, 9.17) is 9.15 Å². The molecule has 1 aliphatic heterocycles. The van der Waals surface area contributed by atoms with Crippen molar-refractivity contribution in [2.75, 3.05) is 18.1 Å². The Morgan fingerprint density at radius 2 is 2.03 bits per heavy atom. The van der Waals surface area contributed by atoms with E-state index in [1.807, 2.05) is 24.3 Å². The van der Waals surface area contributed by atoms with E-state index in [-0.39, 0.29) is 19.1 Å². The van der Waals surface area contributed by atoms with Crippen molar-refractivity contribution in [1.82, 2.24) is 15.2 Å². The molecule has 0 N–H and O–H groups in total. The number of nitrogens with zero attached hydrogens (tertiary/aromatic N) is 4. The minimum absolute atomic E-state index is 0.132. The molecule has 0 fully saturated rings. The van der Waals surface area contributed by atoms with Crippen LogP contribution in [-0.2, 0) is 20.7 Å². The first-order valence-electron chi connectivity index (χ1n) is 9.61. The zero-order valence-corrected chi connectivity index (χ0v) is 17.2. The number of anilines is 1. The van der Waals surface area contributed by atoms with Crippen LogP contribution in [-0.4, -0.2) is 45.5 Å². The number of ether oxygens (including phenoxy) is 1. The van der Waals surface area contributed by atoms with Gasteiger partial charge in [-0.2, -0.15) is 0 Å². The van der Waals surface area contributed by atoms with Crippen LogP contribution >= 0.6 is 11.8 Å². The number of thioether (sulfide) groups is 1. The van der Waals surface area contributed by atoms with Gasteiger partial charge in [-0.1, -0.05) is 30.0 Å². The summed E-state index contributed by atoms with van der Waals surface area (Å²) in [4.78, 5) is 30.9. The maximum Gasteiger partial charge on any atom is 0.326 e. The van der Waals surface area contributed by atoms with Gasteiger partial charge < -0.3 is 9.15 Å². The highest BCUT2D eigenvalue weighted by Crippen LogP contribution is 2.34. The summed E-state index contributed by atoms with van der Waals surface area (Å²) in [5.74, 6) is -0.252. The van der Waals surface area contributed by atoms with E-state index in [9.17, 15) is 9.59 Å². The molecule has 1 amide bonds. The molecular formula is C21H20N4O4S. The number of hydrogen-bond acceptors (Lipinski definition) is 8. The third kappa shape index (κ3) is 4.35. The van der Waals surface area contributed by atoms with E-state index in [1.54, 1.807) is 31.5 Å². The zero-order chi connectivity index (χ0) is 20.9. The number of carbonyl (C=O) groups excluding carboxylic acids is 2. The number of fused-ring (bicyclic) bond motifs is 1. The second kappa shape index (κ2) is 9.08. The van der Waals surface area contributed by atoms with Gasteiger partial charge in [0.25, 0.3) is 5.22 Å². The van der Waals surface area contributed by atoms with Gasteiger partial charge >= 0.3 is 5.97 Å². The maximum atomic E-state index is 13.3. The summed E-state index contributed by atoms with van der Waals surface area (Å²) in [6.45, 7) is 1.87. The van der Waals surface area contributed by atoms with Gasteiger partial charge in [-0.15, -0.1) is 10.2 Å². The molecule has 2 aromatic heterocycles. The Morgan fingerprint density at radius 3 is 2.83 bits per heavy atom. The lowest BCUT2D eigenvalue weighted by Gasteiger charge is -2.24. The first kappa shape index (κ1) is 20.1. The normalized spacial score (nSPS) is 16.1. The fourth-order valence-electron chi connectivity index (χ4n) is 3.29. The third-order valence-corrected chi connectivity index (χ3v) is 5.76. The Morgan fingerprint density at radius 1 is 1.23 bits per heavy atom. The number of aromatic nitrogens is 3. The molecule has 0 radical (unpaired) electrons. The fourth-order valence-corrected chi connectivity index (χ4v) is 4.21. The topological polar surface area (TPSA) is 98.4 Å². The Kier molecular flexibility index (Phi) is 6.08. The summed E-state index contributed by atoms with van der Waals surface area (Å²) in [6.07, 6.45) is 4.58. The van der Waals surface area contributed by atoms with E-state index >= 15 is 0 Å². The molecule has 1 atom stereocenters. The number of pyridine rings is 1. The van der Waals surface area contributed by atoms with Crippen LogP contribution in [0.4, 0.5) is 5.69 Å². The average Bonchev–Trinajstić information content (AvgIpc) is 3.20. The number of rotatable bonds is 6. The van der Waals surface area contributed by atoms with Gasteiger partial charge in [-0.05, 0) is 43.5 Å². The minimum Gasteiger partial charge on any atom is -0.465 e. The molecule has 4 rings (SSSR count). The summed E-state index contributed by atoms with van der Waals surface area (Å²) in [6, 6.07) is 11.2. The number of hydrogen-bond donors (Lipinski definition) is 0. The summed E-state index contributed by atoms with van der Waals surface area (Å²) < 4.78 is 10.8. The van der Waals surface area contributed by atoms with E-state index in [0.29, 0.717) is 24.0 Å². The highest BCUT2D eigenvalue weighted by molar-refractivity contribution is 8.00. The first-order valence-corrected chi connectivity index (χ1v) is 10.5. The number of benzene rings is 1. The monoisotopic (exact) mass is 424 g/mol. The molecule has 3 aromatic rings. The molecule has 1 aliphatic rings. The first-order chi connectivity index (χ1) is 14.7. The standard InChI is InChI=1S/C21H20N4O4S/c1-2-28-18(26)13-25-16-6-4-3-5-14(16)7-8-17(20(25)27)30-21-24-23-19(29-21)15-9-11-22-12-10-15/h3-6,9-12,17H,2,7-8,13H2,1H3/t17-/m1/s1. The fraction of sp³-hybridized carbons (Fsp3) is 0.286. The van der Waals surface area contributed by atoms with E-state index in [2.05, 4.69) is 15.2 Å². The van der Waals surface area contributed by atoms with Gasteiger partial charge in [0, 0.05) is 23.6 Å². The number of aryl methyl sites for hydroxylation is 1. The Labute approximate surface area is 177 Å². The largest absolute Gasteiger partial charge is 0.465 e. The van der Waals surface area contributed by atoms with Crippen molar-refractivity contribution in [3.05, 3.63) is 54.4 Å². The van der Waals surface area contributed by atoms with Gasteiger partial charge in [0.1, 0.15) is 6.54 Å². The lowest BCUT2D eigenvalue weighted by Crippen LogP contribution is -2.41. The maximum absolute atomic E-state index is 13.3. The predicted octanol–water partition coefficient (Wildman–Crippen LogP) is 3.13. The van der Waals surface area contributed by atoms with Crippen LogP contribution in [0.1, 0.15) is 18.9 Å². The summed E-state index contributed by atoms with van der Waals surface area (Å²) in [5, 5.41) is 7.99. The Balaban J connectivity index is 1.56. The van der Waals surface area contributed by atoms with E-state index < -0.39 is 11.2 Å². The molecule has 0 bridgehead atoms. The number of amides is 1. The molecule has 8 nitrogen and oxygen atoms in total. The lowest BCUT2D eigenvalue weighted by molar-refractivity contribution is -0.142. The number of para-hydroxylation sites is 1. The molecule has 0 saturated carbocycles. The minimum atomic E-state index is -0.461. The van der Waals surface area contributed by atoms with E-state index in [1.165, 1.54) is 16.7 Å². The van der Waals surface area contributed by atoms with Crippen LogP contribution in [0.15, 0.2) is 58.4 Å². The highest BCUT2D eigenvalue weighted by atomic mass is 32.2. The van der Waals surface area contributed by atoms with Crippen molar-refractivity contribution in [3.8, 4) is 11.5 Å². The summed E-state index contributed by atoms with van der Waals surface area (Å²) in [7, 11) is 0. The predicted molar refractivity (Wildman–Crippen MR) is 111 cm³/mol. The SMILES string of the molecule is CCOC(=O)CN1C(=O)[C@H](Sc2nnc(-c3ccncc3)o2)CCc2ccccc21. The van der Waals surface area contributed by atoms with Crippen LogP contribution in [0.25, 0.3) is 11.5 Å². The second-order valence-electron chi connectivity index (χ2n) is 6.61.